The zero-order valence-electron chi connectivity index (χ0n) is 9.80. The molecule has 0 radical (unpaired) electrons. The van der Waals surface area contributed by atoms with E-state index in [1.807, 2.05) is 0 Å². The zero-order chi connectivity index (χ0) is 12.7. The minimum absolute atomic E-state index is 0.0827. The highest BCUT2D eigenvalue weighted by Gasteiger charge is 2.24. The summed E-state index contributed by atoms with van der Waals surface area (Å²) in [6.45, 7) is 0. The summed E-state index contributed by atoms with van der Waals surface area (Å²) in [5.41, 5.74) is 2.33. The van der Waals surface area contributed by atoms with Crippen LogP contribution in [0.1, 0.15) is 30.4 Å². The monoisotopic (exact) mass is 265 g/mol. The van der Waals surface area contributed by atoms with Gasteiger partial charge in [-0.25, -0.2) is 4.39 Å². The molecule has 0 aromatic heterocycles. The van der Waals surface area contributed by atoms with Crippen molar-refractivity contribution in [3.8, 4) is 0 Å². The van der Waals surface area contributed by atoms with Crippen molar-refractivity contribution in [2.24, 2.45) is 0 Å². The van der Waals surface area contributed by atoms with Crippen molar-refractivity contribution >= 4 is 23.1 Å². The number of hydrogen-bond donors (Lipinski definition) is 1. The van der Waals surface area contributed by atoms with E-state index in [1.54, 1.807) is 12.1 Å². The van der Waals surface area contributed by atoms with Crippen molar-refractivity contribution in [3.05, 3.63) is 40.2 Å². The molecule has 0 heterocycles. The first-order valence-electron chi connectivity index (χ1n) is 6.13. The van der Waals surface area contributed by atoms with Crippen molar-refractivity contribution in [2.75, 3.05) is 0 Å². The number of halogens is 2. The van der Waals surface area contributed by atoms with Crippen LogP contribution in [0.4, 0.5) is 4.39 Å². The zero-order valence-corrected chi connectivity index (χ0v) is 10.6. The Bertz CT molecular complexity index is 549. The molecule has 0 aliphatic heterocycles. The van der Waals surface area contributed by atoms with Crippen LogP contribution in [0.25, 0.3) is 5.57 Å². The number of amides is 1. The molecule has 2 nitrogen and oxygen atoms in total. The first-order chi connectivity index (χ1) is 8.63. The summed E-state index contributed by atoms with van der Waals surface area (Å²) in [6, 6.07) is 3.41. The van der Waals surface area contributed by atoms with Gasteiger partial charge in [-0.1, -0.05) is 11.6 Å². The average molecular weight is 266 g/mol. The second kappa shape index (κ2) is 4.39. The summed E-state index contributed by atoms with van der Waals surface area (Å²) in [5, 5.41) is 3.28. The lowest BCUT2D eigenvalue weighted by atomic mass is 10.1. The van der Waals surface area contributed by atoms with Gasteiger partial charge < -0.3 is 5.32 Å². The molecule has 0 bridgehead atoms. The number of rotatable bonds is 2. The van der Waals surface area contributed by atoms with Gasteiger partial charge in [-0.15, -0.1) is 0 Å². The normalized spacial score (nSPS) is 20.0. The fourth-order valence-corrected chi connectivity index (χ4v) is 2.52. The lowest BCUT2D eigenvalue weighted by Crippen LogP contribution is -2.23. The fourth-order valence-electron chi connectivity index (χ4n) is 2.32. The van der Waals surface area contributed by atoms with Gasteiger partial charge in [-0.05, 0) is 54.5 Å². The van der Waals surface area contributed by atoms with Crippen molar-refractivity contribution in [3.63, 3.8) is 0 Å². The number of nitrogens with one attached hydrogen (secondary N) is 1. The maximum Gasteiger partial charge on any atom is 0.244 e. The van der Waals surface area contributed by atoms with Gasteiger partial charge in [0.2, 0.25) is 5.91 Å². The number of carbonyl (C=O) groups is 1. The van der Waals surface area contributed by atoms with Crippen LogP contribution in [0.15, 0.2) is 18.2 Å². The summed E-state index contributed by atoms with van der Waals surface area (Å²) in [7, 11) is 0. The largest absolute Gasteiger partial charge is 0.350 e. The molecule has 1 aromatic rings. The molecule has 1 fully saturated rings. The number of hydrogen-bond acceptors (Lipinski definition) is 1. The maximum absolute atomic E-state index is 13.7. The Morgan fingerprint density at radius 3 is 2.89 bits per heavy atom. The highest BCUT2D eigenvalue weighted by molar-refractivity contribution is 6.30. The van der Waals surface area contributed by atoms with Gasteiger partial charge in [0.25, 0.3) is 0 Å². The predicted molar refractivity (Wildman–Crippen MR) is 68.9 cm³/mol. The average Bonchev–Trinajstić information content (AvgIpc) is 3.01. The molecule has 2 aliphatic carbocycles. The highest BCUT2D eigenvalue weighted by atomic mass is 35.5. The number of fused-ring (bicyclic) bond motifs is 1. The molecular formula is C14H13ClFNO. The van der Waals surface area contributed by atoms with E-state index in [9.17, 15) is 9.18 Å². The Morgan fingerprint density at radius 1 is 1.39 bits per heavy atom. The van der Waals surface area contributed by atoms with Gasteiger partial charge in [0.05, 0.1) is 0 Å². The van der Waals surface area contributed by atoms with Crippen molar-refractivity contribution in [1.82, 2.24) is 5.32 Å². The van der Waals surface area contributed by atoms with Gasteiger partial charge >= 0.3 is 0 Å². The molecule has 3 rings (SSSR count). The van der Waals surface area contributed by atoms with Gasteiger partial charge in [0, 0.05) is 17.1 Å². The number of allylic oxidation sites excluding steroid dienone is 1. The van der Waals surface area contributed by atoms with E-state index >= 15 is 0 Å². The van der Waals surface area contributed by atoms with Crippen molar-refractivity contribution in [1.29, 1.82) is 0 Å². The molecule has 94 valence electrons. The van der Waals surface area contributed by atoms with E-state index in [-0.39, 0.29) is 11.7 Å². The third kappa shape index (κ3) is 2.27. The molecule has 1 N–H and O–H groups in total. The molecule has 1 aromatic carbocycles. The van der Waals surface area contributed by atoms with Crippen LogP contribution in [0.3, 0.4) is 0 Å². The standard InChI is InChI=1S/C14H13ClFNO/c15-9-6-12-8(1-4-11(12)13(16)7-9)5-14(18)17-10-2-3-10/h5-7,10H,1-4H2,(H,17,18)/b8-5+. The van der Waals surface area contributed by atoms with Gasteiger partial charge in [0.1, 0.15) is 5.82 Å². The molecule has 1 saturated carbocycles. The maximum atomic E-state index is 13.7. The minimum Gasteiger partial charge on any atom is -0.350 e. The topological polar surface area (TPSA) is 29.1 Å². The van der Waals surface area contributed by atoms with E-state index in [0.29, 0.717) is 29.5 Å². The lowest BCUT2D eigenvalue weighted by molar-refractivity contribution is -0.116. The SMILES string of the molecule is O=C(/C=C1\CCc2c(F)cc(Cl)cc21)NC1CC1. The van der Waals surface area contributed by atoms with Crippen LogP contribution in [0.5, 0.6) is 0 Å². The molecule has 0 spiro atoms. The third-order valence-corrected chi connectivity index (χ3v) is 3.60. The Hall–Kier alpha value is -1.35. The second-order valence-corrected chi connectivity index (χ2v) is 5.30. The molecular weight excluding hydrogens is 253 g/mol. The van der Waals surface area contributed by atoms with Crippen molar-refractivity contribution in [2.45, 2.75) is 31.7 Å². The van der Waals surface area contributed by atoms with E-state index < -0.39 is 0 Å². The second-order valence-electron chi connectivity index (χ2n) is 4.87. The Kier molecular flexibility index (Phi) is 2.86. The molecule has 0 unspecified atom stereocenters. The molecule has 4 heteroatoms. The van der Waals surface area contributed by atoms with Crippen LogP contribution in [0.2, 0.25) is 5.02 Å². The number of carbonyl (C=O) groups excluding carboxylic acids is 1. The highest BCUT2D eigenvalue weighted by Crippen LogP contribution is 2.35. The summed E-state index contributed by atoms with van der Waals surface area (Å²) in [4.78, 5) is 11.7. The first-order valence-corrected chi connectivity index (χ1v) is 6.50. The number of benzene rings is 1. The summed E-state index contributed by atoms with van der Waals surface area (Å²) in [6.07, 6.45) is 5.05. The molecule has 18 heavy (non-hydrogen) atoms. The summed E-state index contributed by atoms with van der Waals surface area (Å²) in [5.74, 6) is -0.357. The van der Waals surface area contributed by atoms with Gasteiger partial charge in [-0.2, -0.15) is 0 Å². The van der Waals surface area contributed by atoms with E-state index in [2.05, 4.69) is 5.32 Å². The fraction of sp³-hybridized carbons (Fsp3) is 0.357. The van der Waals surface area contributed by atoms with Crippen LogP contribution in [-0.2, 0) is 11.2 Å². The van der Waals surface area contributed by atoms with Gasteiger partial charge in [-0.3, -0.25) is 4.79 Å². The van der Waals surface area contributed by atoms with E-state index in [4.69, 9.17) is 11.6 Å². The van der Waals surface area contributed by atoms with Gasteiger partial charge in [0.15, 0.2) is 0 Å². The molecule has 0 atom stereocenters. The molecule has 2 aliphatic rings. The van der Waals surface area contributed by atoms with E-state index in [1.165, 1.54) is 6.07 Å². The van der Waals surface area contributed by atoms with E-state index in [0.717, 1.165) is 24.0 Å². The first kappa shape index (κ1) is 11.7. The smallest absolute Gasteiger partial charge is 0.244 e. The third-order valence-electron chi connectivity index (χ3n) is 3.38. The van der Waals surface area contributed by atoms with Crippen LogP contribution in [0, 0.1) is 5.82 Å². The van der Waals surface area contributed by atoms with Crippen LogP contribution >= 0.6 is 11.6 Å². The Balaban J connectivity index is 1.88. The Labute approximate surface area is 110 Å². The minimum atomic E-state index is -0.275. The molecule has 1 amide bonds. The van der Waals surface area contributed by atoms with Crippen LogP contribution in [-0.4, -0.2) is 11.9 Å². The Morgan fingerprint density at radius 2 is 2.17 bits per heavy atom. The molecule has 0 saturated heterocycles. The quantitative estimate of drug-likeness (QED) is 0.818. The predicted octanol–water partition coefficient (Wildman–Crippen LogP) is 3.09. The lowest BCUT2D eigenvalue weighted by Gasteiger charge is -2.04. The summed E-state index contributed by atoms with van der Waals surface area (Å²) >= 11 is 5.86. The van der Waals surface area contributed by atoms with Crippen molar-refractivity contribution < 1.29 is 9.18 Å². The van der Waals surface area contributed by atoms with Crippen LogP contribution < -0.4 is 5.32 Å². The summed E-state index contributed by atoms with van der Waals surface area (Å²) < 4.78 is 13.7.